The Balaban J connectivity index is 0.00000153. The SMILES string of the molecule is CCOc1cc(C=CC(=O)NCCO)cc(OCC)c1OCC.O=[N+]([O-])O. The predicted molar refractivity (Wildman–Crippen MR) is 97.9 cm³/mol. The summed E-state index contributed by atoms with van der Waals surface area (Å²) in [6.45, 7) is 7.30. The van der Waals surface area contributed by atoms with Crippen molar-refractivity contribution in [1.82, 2.24) is 5.32 Å². The fraction of sp³-hybridized carbons (Fsp3) is 0.471. The molecule has 0 unspecified atom stereocenters. The van der Waals surface area contributed by atoms with Crippen molar-refractivity contribution in [3.8, 4) is 17.2 Å². The van der Waals surface area contributed by atoms with Gasteiger partial charge in [0.2, 0.25) is 11.7 Å². The van der Waals surface area contributed by atoms with E-state index in [1.807, 2.05) is 20.8 Å². The number of hydrogen-bond acceptors (Lipinski definition) is 7. The molecule has 152 valence electrons. The molecule has 0 aliphatic rings. The van der Waals surface area contributed by atoms with Crippen LogP contribution in [0.5, 0.6) is 17.2 Å². The van der Waals surface area contributed by atoms with Gasteiger partial charge < -0.3 is 29.8 Å². The van der Waals surface area contributed by atoms with E-state index in [1.165, 1.54) is 6.08 Å². The van der Waals surface area contributed by atoms with Crippen LogP contribution in [0.3, 0.4) is 0 Å². The first-order valence-corrected chi connectivity index (χ1v) is 8.35. The first-order valence-electron chi connectivity index (χ1n) is 8.35. The van der Waals surface area contributed by atoms with Crippen LogP contribution in [0.4, 0.5) is 0 Å². The molecular weight excluding hydrogens is 360 g/mol. The number of hydrogen-bond donors (Lipinski definition) is 3. The summed E-state index contributed by atoms with van der Waals surface area (Å²) in [5, 5.41) is 24.9. The number of benzene rings is 1. The van der Waals surface area contributed by atoms with E-state index in [0.717, 1.165) is 5.56 Å². The minimum Gasteiger partial charge on any atom is -0.490 e. The smallest absolute Gasteiger partial charge is 0.291 e. The topological polar surface area (TPSA) is 140 Å². The Kier molecular flexibility index (Phi) is 12.6. The zero-order valence-corrected chi connectivity index (χ0v) is 15.6. The highest BCUT2D eigenvalue weighted by Crippen LogP contribution is 2.39. The van der Waals surface area contributed by atoms with Crippen LogP contribution in [-0.4, -0.2) is 54.3 Å². The summed E-state index contributed by atoms with van der Waals surface area (Å²) in [7, 11) is 0. The Bertz CT molecular complexity index is 588. The normalized spacial score (nSPS) is 9.93. The molecule has 0 aliphatic carbocycles. The summed E-state index contributed by atoms with van der Waals surface area (Å²) in [6, 6.07) is 3.60. The first kappa shape index (κ1) is 24.0. The van der Waals surface area contributed by atoms with Crippen molar-refractivity contribution in [3.05, 3.63) is 33.9 Å². The van der Waals surface area contributed by atoms with Gasteiger partial charge in [0.15, 0.2) is 11.5 Å². The van der Waals surface area contributed by atoms with Crippen LogP contribution < -0.4 is 19.5 Å². The summed E-state index contributed by atoms with van der Waals surface area (Å²) in [4.78, 5) is 19.9. The molecule has 0 saturated carbocycles. The van der Waals surface area contributed by atoms with Crippen LogP contribution >= 0.6 is 0 Å². The van der Waals surface area contributed by atoms with Crippen LogP contribution in [0, 0.1) is 10.1 Å². The number of amides is 1. The molecule has 0 bridgehead atoms. The number of aliphatic hydroxyl groups excluding tert-OH is 1. The highest BCUT2D eigenvalue weighted by Gasteiger charge is 2.14. The Morgan fingerprint density at radius 1 is 1.15 bits per heavy atom. The molecule has 0 fully saturated rings. The fourth-order valence-electron chi connectivity index (χ4n) is 1.92. The second-order valence-corrected chi connectivity index (χ2v) is 4.73. The third kappa shape index (κ3) is 10.5. The Hall–Kier alpha value is -3.01. The van der Waals surface area contributed by atoms with Crippen LogP contribution in [0.2, 0.25) is 0 Å². The quantitative estimate of drug-likeness (QED) is 0.313. The zero-order chi connectivity index (χ0) is 20.7. The van der Waals surface area contributed by atoms with Gasteiger partial charge >= 0.3 is 0 Å². The average Bonchev–Trinajstić information content (AvgIpc) is 2.61. The van der Waals surface area contributed by atoms with E-state index in [1.54, 1.807) is 18.2 Å². The van der Waals surface area contributed by atoms with Crippen molar-refractivity contribution in [1.29, 1.82) is 0 Å². The standard InChI is InChI=1S/C17H25NO5.HNO3/c1-4-21-14-11-13(7-8-16(20)18-9-10-19)12-15(22-5-2)17(14)23-6-3;2-1(3)4/h7-8,11-12,19H,4-6,9-10H2,1-3H3,(H,18,20);(H,2,3,4). The Morgan fingerprint density at radius 2 is 1.63 bits per heavy atom. The van der Waals surface area contributed by atoms with Crippen molar-refractivity contribution in [3.63, 3.8) is 0 Å². The molecule has 0 aliphatic heterocycles. The molecule has 0 aromatic heterocycles. The first-order chi connectivity index (χ1) is 12.9. The average molecular weight is 386 g/mol. The van der Waals surface area contributed by atoms with Gasteiger partial charge in [-0.15, -0.1) is 10.1 Å². The van der Waals surface area contributed by atoms with Crippen molar-refractivity contribution in [2.75, 3.05) is 33.0 Å². The van der Waals surface area contributed by atoms with Crippen LogP contribution in [0.1, 0.15) is 26.3 Å². The van der Waals surface area contributed by atoms with E-state index in [-0.39, 0.29) is 19.1 Å². The number of rotatable bonds is 10. The highest BCUT2D eigenvalue weighted by atomic mass is 16.9. The number of nitrogens with zero attached hydrogens (tertiary/aromatic N) is 1. The number of ether oxygens (including phenoxy) is 3. The van der Waals surface area contributed by atoms with Gasteiger partial charge in [-0.25, -0.2) is 0 Å². The van der Waals surface area contributed by atoms with Gasteiger partial charge in [0.25, 0.3) is 5.09 Å². The second-order valence-electron chi connectivity index (χ2n) is 4.73. The van der Waals surface area contributed by atoms with E-state index in [0.29, 0.717) is 37.1 Å². The molecular formula is C17H26N2O8. The van der Waals surface area contributed by atoms with E-state index < -0.39 is 5.09 Å². The largest absolute Gasteiger partial charge is 0.490 e. The lowest BCUT2D eigenvalue weighted by atomic mass is 10.1. The van der Waals surface area contributed by atoms with Gasteiger partial charge in [0, 0.05) is 12.6 Å². The third-order valence-electron chi connectivity index (χ3n) is 2.77. The van der Waals surface area contributed by atoms with Crippen LogP contribution in [0.25, 0.3) is 6.08 Å². The lowest BCUT2D eigenvalue weighted by molar-refractivity contribution is -0.742. The third-order valence-corrected chi connectivity index (χ3v) is 2.77. The Morgan fingerprint density at radius 3 is 2.04 bits per heavy atom. The van der Waals surface area contributed by atoms with Crippen LogP contribution in [0.15, 0.2) is 18.2 Å². The maximum Gasteiger partial charge on any atom is 0.291 e. The maximum atomic E-state index is 11.6. The molecule has 27 heavy (non-hydrogen) atoms. The number of carbonyl (C=O) groups is 1. The number of aliphatic hydroxyl groups is 1. The van der Waals surface area contributed by atoms with E-state index in [9.17, 15) is 4.79 Å². The predicted octanol–water partition coefficient (Wildman–Crippen LogP) is 1.66. The molecule has 1 amide bonds. The summed E-state index contributed by atoms with van der Waals surface area (Å²) in [5.41, 5.74) is 0.763. The summed E-state index contributed by atoms with van der Waals surface area (Å²) in [6.07, 6.45) is 3.06. The lowest BCUT2D eigenvalue weighted by Gasteiger charge is -2.16. The summed E-state index contributed by atoms with van der Waals surface area (Å²) < 4.78 is 16.9. The van der Waals surface area contributed by atoms with Crippen molar-refractivity contribution < 1.29 is 34.4 Å². The van der Waals surface area contributed by atoms with E-state index >= 15 is 0 Å². The number of nitrogens with one attached hydrogen (secondary N) is 1. The molecule has 0 saturated heterocycles. The van der Waals surface area contributed by atoms with Gasteiger partial charge in [-0.3, -0.25) is 4.79 Å². The minimum absolute atomic E-state index is 0.0917. The molecule has 1 aromatic carbocycles. The molecule has 10 nitrogen and oxygen atoms in total. The second kappa shape index (κ2) is 14.2. The monoisotopic (exact) mass is 386 g/mol. The zero-order valence-electron chi connectivity index (χ0n) is 15.6. The molecule has 1 aromatic rings. The van der Waals surface area contributed by atoms with Gasteiger partial charge in [-0.2, -0.15) is 0 Å². The summed E-state index contributed by atoms with van der Waals surface area (Å²) >= 11 is 0. The minimum atomic E-state index is -1.50. The number of carbonyl (C=O) groups excluding carboxylic acids is 1. The molecule has 0 spiro atoms. The molecule has 0 radical (unpaired) electrons. The van der Waals surface area contributed by atoms with Gasteiger partial charge in [-0.1, -0.05) is 0 Å². The maximum absolute atomic E-state index is 11.6. The molecule has 0 heterocycles. The fourth-order valence-corrected chi connectivity index (χ4v) is 1.92. The van der Waals surface area contributed by atoms with Crippen molar-refractivity contribution in [2.45, 2.75) is 20.8 Å². The van der Waals surface area contributed by atoms with Crippen LogP contribution in [-0.2, 0) is 4.79 Å². The highest BCUT2D eigenvalue weighted by molar-refractivity contribution is 5.91. The van der Waals surface area contributed by atoms with Gasteiger partial charge in [0.1, 0.15) is 0 Å². The molecule has 10 heteroatoms. The molecule has 3 N–H and O–H groups in total. The van der Waals surface area contributed by atoms with E-state index in [4.69, 9.17) is 34.6 Å². The Labute approximate surface area is 157 Å². The van der Waals surface area contributed by atoms with Crippen molar-refractivity contribution in [2.24, 2.45) is 0 Å². The lowest BCUT2D eigenvalue weighted by Crippen LogP contribution is -2.24. The molecule has 0 atom stereocenters. The van der Waals surface area contributed by atoms with Gasteiger partial charge in [-0.05, 0) is 44.5 Å². The van der Waals surface area contributed by atoms with Crippen molar-refractivity contribution >= 4 is 12.0 Å². The summed E-state index contributed by atoms with van der Waals surface area (Å²) in [5.74, 6) is 1.45. The molecule has 1 rings (SSSR count). The van der Waals surface area contributed by atoms with Gasteiger partial charge in [0.05, 0.1) is 26.4 Å². The van der Waals surface area contributed by atoms with E-state index in [2.05, 4.69) is 5.32 Å².